The zero-order valence-corrected chi connectivity index (χ0v) is 15.0. The molecule has 0 aliphatic carbocycles. The fourth-order valence-corrected chi connectivity index (χ4v) is 2.89. The van der Waals surface area contributed by atoms with Crippen molar-refractivity contribution in [3.63, 3.8) is 0 Å². The molecule has 0 amide bonds. The molecule has 0 radical (unpaired) electrons. The van der Waals surface area contributed by atoms with Crippen molar-refractivity contribution in [2.24, 2.45) is 0 Å². The molecule has 2 heterocycles. The summed E-state index contributed by atoms with van der Waals surface area (Å²) in [7, 11) is 0. The molecule has 0 unspecified atom stereocenters. The molecule has 0 saturated heterocycles. The van der Waals surface area contributed by atoms with Gasteiger partial charge < -0.3 is 15.0 Å². The van der Waals surface area contributed by atoms with Crippen LogP contribution in [0.2, 0.25) is 0 Å². The Balaban J connectivity index is 0.000000819. The molecule has 2 N–H and O–H groups in total. The monoisotopic (exact) mass is 330 g/mol. The van der Waals surface area contributed by atoms with Crippen molar-refractivity contribution in [2.75, 3.05) is 19.7 Å². The summed E-state index contributed by atoms with van der Waals surface area (Å²) in [5, 5.41) is 14.0. The summed E-state index contributed by atoms with van der Waals surface area (Å²) < 4.78 is 2.29. The third-order valence-electron chi connectivity index (χ3n) is 3.61. The maximum absolute atomic E-state index is 9.23. The summed E-state index contributed by atoms with van der Waals surface area (Å²) >= 11 is 0. The Kier molecular flexibility index (Phi) is 12.3. The molecule has 1 aliphatic rings. The third-order valence-corrected chi connectivity index (χ3v) is 3.61. The molecule has 126 valence electrons. The average Bonchev–Trinajstić information content (AvgIpc) is 2.73. The Labute approximate surface area is 165 Å². The second-order valence-corrected chi connectivity index (χ2v) is 4.57. The van der Waals surface area contributed by atoms with E-state index in [-0.39, 0.29) is 44.3 Å². The zero-order chi connectivity index (χ0) is 15.7. The molecule has 3 nitrogen and oxygen atoms in total. The number of benzene rings is 1. The van der Waals surface area contributed by atoms with Gasteiger partial charge in [-0.3, -0.25) is 0 Å². The molecule has 4 heteroatoms. The molecule has 2 aromatic rings. The number of aliphatic hydroxyl groups excluding tert-OH is 1. The second kappa shape index (κ2) is 12.4. The molecule has 22 heavy (non-hydrogen) atoms. The molecule has 0 atom stereocenters. The van der Waals surface area contributed by atoms with Crippen LogP contribution in [-0.4, -0.2) is 29.4 Å². The largest absolute Gasteiger partial charge is 0.395 e. The number of nitrogens with zero attached hydrogens (tertiary/aromatic N) is 1. The molecule has 0 spiro atoms. The number of hydrogen-bond acceptors (Lipinski definition) is 2. The predicted molar refractivity (Wildman–Crippen MR) is 92.0 cm³/mol. The average molecular weight is 330 g/mol. The normalized spacial score (nSPS) is 12.8. The van der Waals surface area contributed by atoms with Crippen molar-refractivity contribution < 1.29 is 42.8 Å². The Morgan fingerprint density at radius 2 is 1.68 bits per heavy atom. The molecule has 0 fully saturated rings. The van der Waals surface area contributed by atoms with Gasteiger partial charge in [0.1, 0.15) is 0 Å². The van der Waals surface area contributed by atoms with Crippen LogP contribution in [0.1, 0.15) is 39.0 Å². The Morgan fingerprint density at radius 1 is 1.05 bits per heavy atom. The van der Waals surface area contributed by atoms with Gasteiger partial charge in [0, 0.05) is 73.8 Å². The van der Waals surface area contributed by atoms with E-state index in [1.807, 2.05) is 27.7 Å². The van der Waals surface area contributed by atoms with Crippen LogP contribution < -0.4 is 5.32 Å². The van der Waals surface area contributed by atoms with Gasteiger partial charge in [-0.2, -0.15) is 0 Å². The van der Waals surface area contributed by atoms with Gasteiger partial charge in [0.2, 0.25) is 0 Å². The summed E-state index contributed by atoms with van der Waals surface area (Å²) in [5.41, 5.74) is 4.15. The van der Waals surface area contributed by atoms with Crippen molar-refractivity contribution in [3.05, 3.63) is 35.5 Å². The van der Waals surface area contributed by atoms with E-state index >= 15 is 0 Å². The second-order valence-electron chi connectivity index (χ2n) is 4.57. The standard InChI is InChI=1S/C14H18N2O.2C2H6.Ar/c17-10-9-16-13-4-2-1-3-11(13)12-5-7-15-8-6-14(12)16;2*1-2;/h1-4,15,17H,5-10H2;2*1-2H3;. The van der Waals surface area contributed by atoms with Crippen LogP contribution in [0.4, 0.5) is 0 Å². The minimum atomic E-state index is 0. The first-order valence-corrected chi connectivity index (χ1v) is 8.32. The first-order chi connectivity index (χ1) is 10.4. The quantitative estimate of drug-likeness (QED) is 0.886. The number of aliphatic hydroxyl groups is 1. The number of fused-ring (bicyclic) bond motifs is 3. The predicted octanol–water partition coefficient (Wildman–Crippen LogP) is 3.37. The van der Waals surface area contributed by atoms with Gasteiger partial charge in [-0.05, 0) is 24.6 Å². The van der Waals surface area contributed by atoms with E-state index in [1.165, 1.54) is 22.2 Å². The van der Waals surface area contributed by atoms with Crippen molar-refractivity contribution >= 4 is 10.9 Å². The van der Waals surface area contributed by atoms with Crippen LogP contribution in [0, 0.1) is 37.7 Å². The minimum absolute atomic E-state index is 0. The summed E-state index contributed by atoms with van der Waals surface area (Å²) in [6.45, 7) is 11.0. The van der Waals surface area contributed by atoms with Crippen LogP contribution in [-0.2, 0) is 19.4 Å². The zero-order valence-electron chi connectivity index (χ0n) is 14.3. The van der Waals surface area contributed by atoms with E-state index in [2.05, 4.69) is 34.1 Å². The number of nitrogens with one attached hydrogen (secondary N) is 1. The molecular formula is C18H30ArN2O. The van der Waals surface area contributed by atoms with Gasteiger partial charge in [-0.15, -0.1) is 0 Å². The molecule has 1 aromatic carbocycles. The Morgan fingerprint density at radius 3 is 2.36 bits per heavy atom. The van der Waals surface area contributed by atoms with Crippen LogP contribution >= 0.6 is 0 Å². The van der Waals surface area contributed by atoms with Gasteiger partial charge in [0.15, 0.2) is 0 Å². The van der Waals surface area contributed by atoms with Crippen LogP contribution in [0.25, 0.3) is 10.9 Å². The van der Waals surface area contributed by atoms with Crippen molar-refractivity contribution in [3.8, 4) is 0 Å². The molecule has 1 aromatic heterocycles. The SMILES string of the molecule is CC.CC.OCCn1c2c(c3ccccc31)CCNCC2.[Ar]. The summed E-state index contributed by atoms with van der Waals surface area (Å²) in [6, 6.07) is 8.54. The van der Waals surface area contributed by atoms with E-state index in [0.29, 0.717) is 6.54 Å². The summed E-state index contributed by atoms with van der Waals surface area (Å²) in [6.07, 6.45) is 2.15. The van der Waals surface area contributed by atoms with E-state index in [1.54, 1.807) is 0 Å². The maximum atomic E-state index is 9.23. The van der Waals surface area contributed by atoms with Gasteiger partial charge in [-0.25, -0.2) is 0 Å². The van der Waals surface area contributed by atoms with E-state index in [0.717, 1.165) is 25.9 Å². The van der Waals surface area contributed by atoms with Crippen molar-refractivity contribution in [1.82, 2.24) is 9.88 Å². The number of aromatic nitrogens is 1. The molecule has 1 aliphatic heterocycles. The summed E-state index contributed by atoms with van der Waals surface area (Å²) in [5.74, 6) is 0. The fraction of sp³-hybridized carbons (Fsp3) is 0.556. The first kappa shape index (κ1) is 21.9. The molecule has 0 bridgehead atoms. The van der Waals surface area contributed by atoms with Crippen LogP contribution in [0.5, 0.6) is 0 Å². The third kappa shape index (κ3) is 4.97. The van der Waals surface area contributed by atoms with E-state index < -0.39 is 0 Å². The Hall–Kier alpha value is -0.0603. The summed E-state index contributed by atoms with van der Waals surface area (Å²) in [4.78, 5) is 0. The van der Waals surface area contributed by atoms with Gasteiger partial charge in [0.05, 0.1) is 6.61 Å². The van der Waals surface area contributed by atoms with Gasteiger partial charge in [0.25, 0.3) is 0 Å². The number of para-hydroxylation sites is 1. The smallest absolute Gasteiger partial charge is 0.0610 e. The number of hydrogen-bond donors (Lipinski definition) is 2. The van der Waals surface area contributed by atoms with Crippen LogP contribution in [0.15, 0.2) is 24.3 Å². The van der Waals surface area contributed by atoms with Crippen LogP contribution in [0.3, 0.4) is 0 Å². The Bertz CT molecular complexity index is 522. The minimum Gasteiger partial charge on any atom is -0.395 e. The van der Waals surface area contributed by atoms with Crippen molar-refractivity contribution in [2.45, 2.75) is 47.1 Å². The van der Waals surface area contributed by atoms with Crippen molar-refractivity contribution in [1.29, 1.82) is 0 Å². The molecule has 3 rings (SSSR count). The first-order valence-electron chi connectivity index (χ1n) is 8.32. The van der Waals surface area contributed by atoms with E-state index in [4.69, 9.17) is 0 Å². The topological polar surface area (TPSA) is 37.2 Å². The van der Waals surface area contributed by atoms with Gasteiger partial charge >= 0.3 is 0 Å². The maximum Gasteiger partial charge on any atom is 0.0610 e. The molecule has 0 saturated carbocycles. The van der Waals surface area contributed by atoms with E-state index in [9.17, 15) is 5.11 Å². The number of rotatable bonds is 2. The van der Waals surface area contributed by atoms with Gasteiger partial charge in [-0.1, -0.05) is 45.9 Å². The fourth-order valence-electron chi connectivity index (χ4n) is 2.89. The molecular weight excluding hydrogens is 300 g/mol.